The van der Waals surface area contributed by atoms with Crippen molar-refractivity contribution in [1.29, 1.82) is 0 Å². The van der Waals surface area contributed by atoms with Crippen molar-refractivity contribution in [2.45, 2.75) is 6.54 Å². The van der Waals surface area contributed by atoms with E-state index in [0.29, 0.717) is 6.54 Å². The van der Waals surface area contributed by atoms with Gasteiger partial charge in [0, 0.05) is 23.6 Å². The van der Waals surface area contributed by atoms with E-state index in [0.717, 1.165) is 33.7 Å². The third-order valence-corrected chi connectivity index (χ3v) is 3.91. The number of H-pyrrole nitrogens is 1. The van der Waals surface area contributed by atoms with E-state index in [1.165, 1.54) is 0 Å². The van der Waals surface area contributed by atoms with Crippen molar-refractivity contribution in [3.63, 3.8) is 0 Å². The van der Waals surface area contributed by atoms with E-state index in [1.54, 1.807) is 32.4 Å². The quantitative estimate of drug-likeness (QED) is 0.646. The third kappa shape index (κ3) is 2.86. The van der Waals surface area contributed by atoms with Crippen LogP contribution in [0.15, 0.2) is 42.6 Å². The molecule has 2 aromatic carbocycles. The molecule has 0 atom stereocenters. The molecule has 0 aliphatic carbocycles. The first-order chi connectivity index (χ1) is 11.6. The molecule has 0 aliphatic rings. The predicted molar refractivity (Wildman–Crippen MR) is 92.1 cm³/mol. The number of carbonyl (C=O) groups is 1. The van der Waals surface area contributed by atoms with Crippen molar-refractivity contribution in [2.24, 2.45) is 0 Å². The normalized spacial score (nSPS) is 10.6. The number of ether oxygens (including phenoxy) is 2. The first kappa shape index (κ1) is 15.7. The maximum absolute atomic E-state index is 11.2. The number of benzene rings is 2. The molecule has 3 N–H and O–H groups in total. The van der Waals surface area contributed by atoms with Crippen LogP contribution in [0.1, 0.15) is 15.9 Å². The molecule has 124 valence electrons. The molecule has 24 heavy (non-hydrogen) atoms. The number of aromatic carboxylic acids is 1. The van der Waals surface area contributed by atoms with Gasteiger partial charge in [0.1, 0.15) is 11.5 Å². The van der Waals surface area contributed by atoms with E-state index in [-0.39, 0.29) is 5.56 Å². The summed E-state index contributed by atoms with van der Waals surface area (Å²) < 4.78 is 10.8. The van der Waals surface area contributed by atoms with Gasteiger partial charge in [0.2, 0.25) is 0 Å². The number of aromatic amines is 1. The molecule has 3 rings (SSSR count). The van der Waals surface area contributed by atoms with E-state index in [2.05, 4.69) is 10.3 Å². The number of methoxy groups -OCH3 is 2. The fourth-order valence-corrected chi connectivity index (χ4v) is 2.69. The topological polar surface area (TPSA) is 83.6 Å². The Morgan fingerprint density at radius 2 is 1.88 bits per heavy atom. The molecule has 0 radical (unpaired) electrons. The molecular formula is C18H18N2O4. The maximum atomic E-state index is 11.2. The maximum Gasteiger partial charge on any atom is 0.335 e. The van der Waals surface area contributed by atoms with Crippen molar-refractivity contribution in [2.75, 3.05) is 19.5 Å². The van der Waals surface area contributed by atoms with Gasteiger partial charge in [0.25, 0.3) is 0 Å². The highest BCUT2D eigenvalue weighted by Gasteiger charge is 2.12. The smallest absolute Gasteiger partial charge is 0.335 e. The van der Waals surface area contributed by atoms with Crippen LogP contribution in [0.3, 0.4) is 0 Å². The largest absolute Gasteiger partial charge is 0.496 e. The van der Waals surface area contributed by atoms with Gasteiger partial charge in [0.15, 0.2) is 0 Å². The molecule has 3 aromatic rings. The Morgan fingerprint density at radius 3 is 2.50 bits per heavy atom. The third-order valence-electron chi connectivity index (χ3n) is 3.91. The van der Waals surface area contributed by atoms with Crippen LogP contribution in [-0.4, -0.2) is 30.3 Å². The first-order valence-corrected chi connectivity index (χ1v) is 7.42. The fraction of sp³-hybridized carbons (Fsp3) is 0.167. The zero-order chi connectivity index (χ0) is 17.1. The molecule has 0 saturated heterocycles. The Kier molecular flexibility index (Phi) is 4.29. The van der Waals surface area contributed by atoms with E-state index in [9.17, 15) is 4.79 Å². The molecule has 0 amide bonds. The number of carboxylic acid groups (broad SMARTS) is 1. The summed E-state index contributed by atoms with van der Waals surface area (Å²) >= 11 is 0. The van der Waals surface area contributed by atoms with E-state index >= 15 is 0 Å². The molecule has 0 fully saturated rings. The van der Waals surface area contributed by atoms with Crippen LogP contribution in [0.5, 0.6) is 11.5 Å². The lowest BCUT2D eigenvalue weighted by molar-refractivity contribution is 0.0697. The molecule has 1 heterocycles. The van der Waals surface area contributed by atoms with E-state index < -0.39 is 5.97 Å². The molecule has 0 bridgehead atoms. The monoisotopic (exact) mass is 326 g/mol. The molecule has 1 aromatic heterocycles. The minimum atomic E-state index is -0.949. The number of hydrogen-bond acceptors (Lipinski definition) is 4. The lowest BCUT2D eigenvalue weighted by Crippen LogP contribution is -2.04. The Hall–Kier alpha value is -3.15. The van der Waals surface area contributed by atoms with Crippen molar-refractivity contribution in [3.8, 4) is 11.5 Å². The summed E-state index contributed by atoms with van der Waals surface area (Å²) in [6.07, 6.45) is 1.82. The van der Waals surface area contributed by atoms with Gasteiger partial charge in [-0.05, 0) is 30.3 Å². The summed E-state index contributed by atoms with van der Waals surface area (Å²) in [5.41, 5.74) is 2.84. The summed E-state index contributed by atoms with van der Waals surface area (Å²) in [6.45, 7) is 0.484. The number of hydrogen-bond donors (Lipinski definition) is 3. The number of fused-ring (bicyclic) bond motifs is 1. The number of nitrogens with one attached hydrogen (secondary N) is 2. The van der Waals surface area contributed by atoms with Gasteiger partial charge in [-0.25, -0.2) is 4.79 Å². The highest BCUT2D eigenvalue weighted by atomic mass is 16.5. The lowest BCUT2D eigenvalue weighted by Gasteiger charge is -2.14. The summed E-state index contributed by atoms with van der Waals surface area (Å²) in [5, 5.41) is 13.3. The summed E-state index contributed by atoms with van der Waals surface area (Å²) in [5.74, 6) is 0.510. The van der Waals surface area contributed by atoms with Gasteiger partial charge in [-0.3, -0.25) is 0 Å². The van der Waals surface area contributed by atoms with E-state index in [4.69, 9.17) is 14.6 Å². The second kappa shape index (κ2) is 6.54. The average Bonchev–Trinajstić information content (AvgIpc) is 3.01. The number of aromatic nitrogens is 1. The fourth-order valence-electron chi connectivity index (χ4n) is 2.69. The highest BCUT2D eigenvalue weighted by molar-refractivity contribution is 5.98. The summed E-state index contributed by atoms with van der Waals surface area (Å²) in [7, 11) is 3.23. The van der Waals surface area contributed by atoms with Gasteiger partial charge >= 0.3 is 5.97 Å². The second-order valence-corrected chi connectivity index (χ2v) is 5.26. The average molecular weight is 326 g/mol. The van der Waals surface area contributed by atoms with Crippen LogP contribution < -0.4 is 14.8 Å². The minimum absolute atomic E-state index is 0.250. The van der Waals surface area contributed by atoms with Gasteiger partial charge in [-0.2, -0.15) is 0 Å². The number of carboxylic acids is 1. The summed E-state index contributed by atoms with van der Waals surface area (Å²) in [6, 6.07) is 10.6. The van der Waals surface area contributed by atoms with Gasteiger partial charge in [-0.1, -0.05) is 6.07 Å². The summed E-state index contributed by atoms with van der Waals surface area (Å²) in [4.78, 5) is 14.3. The Labute approximate surface area is 139 Å². The zero-order valence-corrected chi connectivity index (χ0v) is 13.4. The first-order valence-electron chi connectivity index (χ1n) is 7.42. The number of rotatable bonds is 6. The molecule has 6 heteroatoms. The van der Waals surface area contributed by atoms with Crippen LogP contribution in [0.25, 0.3) is 10.9 Å². The van der Waals surface area contributed by atoms with Crippen LogP contribution in [0, 0.1) is 0 Å². The molecule has 0 aliphatic heterocycles. The zero-order valence-electron chi connectivity index (χ0n) is 13.4. The molecule has 0 unspecified atom stereocenters. The molecule has 0 spiro atoms. The highest BCUT2D eigenvalue weighted by Crippen LogP contribution is 2.30. The van der Waals surface area contributed by atoms with Gasteiger partial charge < -0.3 is 24.9 Å². The number of anilines is 1. The molecular weight excluding hydrogens is 308 g/mol. The Bertz CT molecular complexity index is 864. The van der Waals surface area contributed by atoms with Gasteiger partial charge in [-0.15, -0.1) is 0 Å². The Morgan fingerprint density at radius 1 is 1.17 bits per heavy atom. The van der Waals surface area contributed by atoms with Crippen LogP contribution in [0.2, 0.25) is 0 Å². The molecule has 0 saturated carbocycles. The SMILES string of the molecule is COc1cccc(OC)c1CNc1c[nH]c2ccc(C(=O)O)cc12. The van der Waals surface area contributed by atoms with Crippen molar-refractivity contribution in [3.05, 3.63) is 53.7 Å². The minimum Gasteiger partial charge on any atom is -0.496 e. The van der Waals surface area contributed by atoms with Crippen LogP contribution in [0.4, 0.5) is 5.69 Å². The van der Waals surface area contributed by atoms with Crippen molar-refractivity contribution in [1.82, 2.24) is 4.98 Å². The van der Waals surface area contributed by atoms with Crippen LogP contribution in [-0.2, 0) is 6.54 Å². The second-order valence-electron chi connectivity index (χ2n) is 5.26. The standard InChI is InChI=1S/C18H18N2O4/c1-23-16-4-3-5-17(24-2)13(16)9-19-15-10-20-14-7-6-11(18(21)22)8-12(14)15/h3-8,10,19-20H,9H2,1-2H3,(H,21,22). The van der Waals surface area contributed by atoms with Crippen molar-refractivity contribution < 1.29 is 19.4 Å². The van der Waals surface area contributed by atoms with E-state index in [1.807, 2.05) is 24.4 Å². The lowest BCUT2D eigenvalue weighted by atomic mass is 10.1. The van der Waals surface area contributed by atoms with Crippen molar-refractivity contribution >= 4 is 22.6 Å². The molecule has 6 nitrogen and oxygen atoms in total. The van der Waals surface area contributed by atoms with Crippen LogP contribution >= 0.6 is 0 Å². The predicted octanol–water partition coefficient (Wildman–Crippen LogP) is 3.50. The van der Waals surface area contributed by atoms with Gasteiger partial charge in [0.05, 0.1) is 31.0 Å². The Balaban J connectivity index is 1.91.